The number of benzene rings is 2. The second-order valence-corrected chi connectivity index (χ2v) is 5.89. The van der Waals surface area contributed by atoms with Gasteiger partial charge in [0.1, 0.15) is 11.9 Å². The molecule has 3 nitrogen and oxygen atoms in total. The molecule has 0 saturated heterocycles. The lowest BCUT2D eigenvalue weighted by atomic mass is 9.98. The number of hydrazine groups is 1. The second kappa shape index (κ2) is 5.95. The van der Waals surface area contributed by atoms with Crippen LogP contribution in [-0.4, -0.2) is 12.1 Å². The van der Waals surface area contributed by atoms with Crippen LogP contribution in [0.4, 0.5) is 0 Å². The monoisotopic (exact) mass is 332 g/mol. The van der Waals surface area contributed by atoms with Crippen molar-refractivity contribution in [1.29, 1.82) is 0 Å². The maximum absolute atomic E-state index is 6.01. The number of hydrogen-bond donors (Lipinski definition) is 2. The van der Waals surface area contributed by atoms with Crippen molar-refractivity contribution >= 4 is 15.9 Å². The largest absolute Gasteiger partial charge is 0.488 e. The van der Waals surface area contributed by atoms with Crippen LogP contribution in [-0.2, 0) is 12.8 Å². The average molecular weight is 333 g/mol. The molecule has 0 saturated carbocycles. The van der Waals surface area contributed by atoms with E-state index >= 15 is 0 Å². The van der Waals surface area contributed by atoms with Gasteiger partial charge in [-0.2, -0.15) is 0 Å². The van der Waals surface area contributed by atoms with Crippen LogP contribution in [0.1, 0.15) is 11.1 Å². The van der Waals surface area contributed by atoms with Crippen LogP contribution < -0.4 is 16.0 Å². The molecule has 0 spiro atoms. The number of para-hydroxylation sites is 1. The van der Waals surface area contributed by atoms with Crippen LogP contribution >= 0.6 is 15.9 Å². The molecular formula is C16H17BrN2O. The van der Waals surface area contributed by atoms with Gasteiger partial charge < -0.3 is 4.74 Å². The summed E-state index contributed by atoms with van der Waals surface area (Å²) < 4.78 is 7.12. The van der Waals surface area contributed by atoms with E-state index in [1.807, 2.05) is 36.4 Å². The maximum atomic E-state index is 6.01. The molecule has 3 N–H and O–H groups in total. The Hall–Kier alpha value is -1.36. The fourth-order valence-electron chi connectivity index (χ4n) is 2.63. The molecule has 0 amide bonds. The van der Waals surface area contributed by atoms with Gasteiger partial charge in [0.05, 0.1) is 6.04 Å². The van der Waals surface area contributed by atoms with E-state index in [2.05, 4.69) is 33.5 Å². The van der Waals surface area contributed by atoms with Gasteiger partial charge in [-0.05, 0) is 29.7 Å². The van der Waals surface area contributed by atoms with Gasteiger partial charge in [-0.25, -0.2) is 0 Å². The first-order valence-corrected chi connectivity index (χ1v) is 7.51. The van der Waals surface area contributed by atoms with Gasteiger partial charge >= 0.3 is 0 Å². The topological polar surface area (TPSA) is 47.3 Å². The molecule has 0 radical (unpaired) electrons. The summed E-state index contributed by atoms with van der Waals surface area (Å²) in [6.45, 7) is 0. The maximum Gasteiger partial charge on any atom is 0.123 e. The SMILES string of the molecule is NNC(Cc1ccccc1Br)C1Cc2ccccc2O1. The Morgan fingerprint density at radius 1 is 1.20 bits per heavy atom. The molecule has 0 aliphatic carbocycles. The molecular weight excluding hydrogens is 316 g/mol. The smallest absolute Gasteiger partial charge is 0.123 e. The van der Waals surface area contributed by atoms with E-state index in [0.717, 1.165) is 23.1 Å². The molecule has 2 aromatic carbocycles. The number of nitrogens with two attached hydrogens (primary N) is 1. The Balaban J connectivity index is 1.74. The van der Waals surface area contributed by atoms with Crippen LogP contribution in [0, 0.1) is 0 Å². The summed E-state index contributed by atoms with van der Waals surface area (Å²) in [6, 6.07) is 16.5. The molecule has 0 bridgehead atoms. The molecule has 1 aliphatic rings. The van der Waals surface area contributed by atoms with Crippen molar-refractivity contribution in [3.8, 4) is 5.75 Å². The number of nitrogens with one attached hydrogen (secondary N) is 1. The Morgan fingerprint density at radius 3 is 2.70 bits per heavy atom. The molecule has 2 atom stereocenters. The lowest BCUT2D eigenvalue weighted by Crippen LogP contribution is -2.47. The molecule has 4 heteroatoms. The van der Waals surface area contributed by atoms with Gasteiger partial charge in [-0.1, -0.05) is 52.3 Å². The highest BCUT2D eigenvalue weighted by molar-refractivity contribution is 9.10. The van der Waals surface area contributed by atoms with E-state index in [1.54, 1.807) is 0 Å². The highest BCUT2D eigenvalue weighted by atomic mass is 79.9. The van der Waals surface area contributed by atoms with Crippen LogP contribution in [0.5, 0.6) is 5.75 Å². The third-order valence-corrected chi connectivity index (χ3v) is 4.51. The molecule has 2 aromatic rings. The highest BCUT2D eigenvalue weighted by Gasteiger charge is 2.29. The van der Waals surface area contributed by atoms with E-state index in [4.69, 9.17) is 10.6 Å². The number of hydrogen-bond acceptors (Lipinski definition) is 3. The van der Waals surface area contributed by atoms with Crippen molar-refractivity contribution in [2.45, 2.75) is 25.0 Å². The molecule has 3 rings (SSSR count). The number of ether oxygens (including phenoxy) is 1. The van der Waals surface area contributed by atoms with E-state index in [-0.39, 0.29) is 12.1 Å². The van der Waals surface area contributed by atoms with Crippen LogP contribution in [0.3, 0.4) is 0 Å². The number of fused-ring (bicyclic) bond motifs is 1. The highest BCUT2D eigenvalue weighted by Crippen LogP contribution is 2.30. The van der Waals surface area contributed by atoms with Gasteiger partial charge in [0.25, 0.3) is 0 Å². The molecule has 104 valence electrons. The predicted molar refractivity (Wildman–Crippen MR) is 83.5 cm³/mol. The van der Waals surface area contributed by atoms with Crippen LogP contribution in [0.15, 0.2) is 53.0 Å². The first-order valence-electron chi connectivity index (χ1n) is 6.72. The Kier molecular flexibility index (Phi) is 4.05. The van der Waals surface area contributed by atoms with Crippen molar-refractivity contribution in [2.24, 2.45) is 5.84 Å². The number of rotatable bonds is 4. The van der Waals surface area contributed by atoms with Crippen LogP contribution in [0.2, 0.25) is 0 Å². The summed E-state index contributed by atoms with van der Waals surface area (Å²) >= 11 is 3.58. The Bertz CT molecular complexity index is 578. The Labute approximate surface area is 127 Å². The molecule has 20 heavy (non-hydrogen) atoms. The lowest BCUT2D eigenvalue weighted by molar-refractivity contribution is 0.177. The fraction of sp³-hybridized carbons (Fsp3) is 0.250. The minimum atomic E-state index is 0.0736. The summed E-state index contributed by atoms with van der Waals surface area (Å²) in [5, 5.41) is 0. The van der Waals surface area contributed by atoms with Gasteiger partial charge in [-0.3, -0.25) is 11.3 Å². The molecule has 0 aromatic heterocycles. The van der Waals surface area contributed by atoms with Gasteiger partial charge in [0.2, 0.25) is 0 Å². The zero-order chi connectivity index (χ0) is 13.9. The van der Waals surface area contributed by atoms with Crippen molar-refractivity contribution in [2.75, 3.05) is 0 Å². The predicted octanol–water partition coefficient (Wildman–Crippen LogP) is 2.83. The first kappa shape index (κ1) is 13.6. The molecule has 2 unspecified atom stereocenters. The third-order valence-electron chi connectivity index (χ3n) is 3.73. The third kappa shape index (κ3) is 2.73. The molecule has 0 fully saturated rings. The number of halogens is 1. The normalized spacial score (nSPS) is 18.4. The summed E-state index contributed by atoms with van der Waals surface area (Å²) in [7, 11) is 0. The lowest BCUT2D eigenvalue weighted by Gasteiger charge is -2.23. The second-order valence-electron chi connectivity index (χ2n) is 5.04. The summed E-state index contributed by atoms with van der Waals surface area (Å²) in [5.74, 6) is 6.72. The average Bonchev–Trinajstić information content (AvgIpc) is 2.90. The van der Waals surface area contributed by atoms with E-state index in [9.17, 15) is 0 Å². The van der Waals surface area contributed by atoms with Gasteiger partial charge in [0, 0.05) is 10.9 Å². The van der Waals surface area contributed by atoms with Crippen molar-refractivity contribution < 1.29 is 4.74 Å². The standard InChI is InChI=1S/C16H17BrN2O/c17-13-7-3-1-5-11(13)9-14(19-18)16-10-12-6-2-4-8-15(12)20-16/h1-8,14,16,19H,9-10,18H2. The molecule has 1 heterocycles. The van der Waals surface area contributed by atoms with E-state index in [1.165, 1.54) is 11.1 Å². The quantitative estimate of drug-likeness (QED) is 0.668. The summed E-state index contributed by atoms with van der Waals surface area (Å²) in [6.07, 6.45) is 1.80. The Morgan fingerprint density at radius 2 is 1.95 bits per heavy atom. The van der Waals surface area contributed by atoms with Crippen molar-refractivity contribution in [1.82, 2.24) is 5.43 Å². The van der Waals surface area contributed by atoms with E-state index < -0.39 is 0 Å². The van der Waals surface area contributed by atoms with Crippen LogP contribution in [0.25, 0.3) is 0 Å². The zero-order valence-electron chi connectivity index (χ0n) is 11.1. The molecule has 1 aliphatic heterocycles. The zero-order valence-corrected chi connectivity index (χ0v) is 12.6. The van der Waals surface area contributed by atoms with E-state index in [0.29, 0.717) is 0 Å². The fourth-order valence-corrected chi connectivity index (χ4v) is 3.08. The minimum Gasteiger partial charge on any atom is -0.488 e. The first-order chi connectivity index (χ1) is 9.78. The van der Waals surface area contributed by atoms with Gasteiger partial charge in [-0.15, -0.1) is 0 Å². The summed E-state index contributed by atoms with van der Waals surface area (Å²) in [5.41, 5.74) is 5.39. The summed E-state index contributed by atoms with van der Waals surface area (Å²) in [4.78, 5) is 0. The van der Waals surface area contributed by atoms with Crippen molar-refractivity contribution in [3.63, 3.8) is 0 Å². The van der Waals surface area contributed by atoms with Crippen molar-refractivity contribution in [3.05, 3.63) is 64.1 Å². The van der Waals surface area contributed by atoms with Gasteiger partial charge in [0.15, 0.2) is 0 Å². The minimum absolute atomic E-state index is 0.0736.